The molecule has 1 N–H and O–H groups in total. The summed E-state index contributed by atoms with van der Waals surface area (Å²) >= 11 is 0. The topological polar surface area (TPSA) is 107 Å². The second kappa shape index (κ2) is 7.73. The Labute approximate surface area is 187 Å². The van der Waals surface area contributed by atoms with Crippen molar-refractivity contribution < 1.29 is 9.18 Å². The van der Waals surface area contributed by atoms with Crippen LogP contribution in [0.15, 0.2) is 64.4 Å². The highest BCUT2D eigenvalue weighted by molar-refractivity contribution is 5.82. The van der Waals surface area contributed by atoms with Crippen LogP contribution in [0.1, 0.15) is 19.0 Å². The van der Waals surface area contributed by atoms with E-state index in [-0.39, 0.29) is 24.3 Å². The first-order valence-electron chi connectivity index (χ1n) is 10.4. The van der Waals surface area contributed by atoms with Gasteiger partial charge in [-0.1, -0.05) is 0 Å². The summed E-state index contributed by atoms with van der Waals surface area (Å²) in [4.78, 5) is 38.6. The highest BCUT2D eigenvalue weighted by Gasteiger charge is 2.23. The molecular formula is C23H20FN7O2. The van der Waals surface area contributed by atoms with Crippen LogP contribution >= 0.6 is 0 Å². The number of carbonyl (C=O) groups is 1. The summed E-state index contributed by atoms with van der Waals surface area (Å²) < 4.78 is 16.8. The third kappa shape index (κ3) is 3.91. The molecule has 33 heavy (non-hydrogen) atoms. The zero-order valence-corrected chi connectivity index (χ0v) is 18.0. The fraction of sp³-hybridized carbons (Fsp3) is 0.217. The summed E-state index contributed by atoms with van der Waals surface area (Å²) in [6, 6.07) is 8.78. The molecule has 0 radical (unpaired) electrons. The van der Waals surface area contributed by atoms with E-state index in [0.29, 0.717) is 22.4 Å². The lowest BCUT2D eigenvalue weighted by atomic mass is 10.0. The Kier molecular flexibility index (Phi) is 4.85. The van der Waals surface area contributed by atoms with E-state index in [0.717, 1.165) is 17.5 Å². The van der Waals surface area contributed by atoms with Crippen LogP contribution in [0.25, 0.3) is 27.9 Å². The van der Waals surface area contributed by atoms with Crippen molar-refractivity contribution in [2.75, 3.05) is 0 Å². The van der Waals surface area contributed by atoms with E-state index in [1.165, 1.54) is 17.6 Å². The molecule has 4 aromatic heterocycles. The number of aromatic nitrogens is 5. The van der Waals surface area contributed by atoms with Crippen LogP contribution in [-0.2, 0) is 11.3 Å². The number of aryl methyl sites for hydroxylation is 1. The fourth-order valence-electron chi connectivity index (χ4n) is 3.63. The van der Waals surface area contributed by atoms with Gasteiger partial charge in [0.25, 0.3) is 5.56 Å². The number of nitrogens with one attached hydrogen (secondary N) is 1. The van der Waals surface area contributed by atoms with Gasteiger partial charge in [-0.05, 0) is 44.2 Å². The molecule has 9 nitrogen and oxygen atoms in total. The molecule has 0 spiro atoms. The minimum absolute atomic E-state index is 0.106. The average Bonchev–Trinajstić information content (AvgIpc) is 3.24. The van der Waals surface area contributed by atoms with Crippen molar-refractivity contribution in [2.24, 2.45) is 4.99 Å². The normalized spacial score (nSPS) is 18.0. The number of alkyl halides is 1. The first-order valence-corrected chi connectivity index (χ1v) is 10.4. The van der Waals surface area contributed by atoms with Crippen LogP contribution in [0.4, 0.5) is 4.39 Å². The van der Waals surface area contributed by atoms with Gasteiger partial charge in [0.1, 0.15) is 23.7 Å². The minimum atomic E-state index is -1.54. The molecule has 166 valence electrons. The number of aliphatic imine (C=N–C) groups is 1. The first kappa shape index (κ1) is 20.7. The van der Waals surface area contributed by atoms with Crippen molar-refractivity contribution in [3.8, 4) is 11.3 Å². The number of nitrogens with zero attached hydrogens (tertiary/aromatic N) is 6. The molecule has 5 rings (SSSR count). The molecule has 0 fully saturated rings. The van der Waals surface area contributed by atoms with Crippen LogP contribution < -0.4 is 10.9 Å². The molecule has 0 aliphatic carbocycles. The highest BCUT2D eigenvalue weighted by Crippen LogP contribution is 2.22. The largest absolute Gasteiger partial charge is 0.309 e. The van der Waals surface area contributed by atoms with E-state index >= 15 is 0 Å². The Morgan fingerprint density at radius 3 is 2.85 bits per heavy atom. The second-order valence-corrected chi connectivity index (χ2v) is 8.13. The Morgan fingerprint density at radius 2 is 2.12 bits per heavy atom. The standard InChI is InChI=1S/C23H20FN7O2/c1-14-5-6-15(11-26-14)17-10-20-30(12-19(32)28-18-7-8-23(2,24)13-27-18)22(33)16-4-3-9-25-21(16)31(20)29-17/h3-7,9-11,13H,8,12H2,1-2H3,(H,28,32). The number of amides is 1. The van der Waals surface area contributed by atoms with E-state index in [9.17, 15) is 14.0 Å². The number of hydrogen-bond acceptors (Lipinski definition) is 6. The molecule has 1 amide bonds. The lowest BCUT2D eigenvalue weighted by molar-refractivity contribution is -0.121. The van der Waals surface area contributed by atoms with Gasteiger partial charge in [0, 0.05) is 42.4 Å². The Morgan fingerprint density at radius 1 is 1.27 bits per heavy atom. The number of carbonyl (C=O) groups excluding carboxylic acids is 1. The summed E-state index contributed by atoms with van der Waals surface area (Å²) in [6.45, 7) is 3.02. The number of fused-ring (bicyclic) bond motifs is 3. The van der Waals surface area contributed by atoms with Gasteiger partial charge < -0.3 is 5.32 Å². The molecule has 0 saturated carbocycles. The summed E-state index contributed by atoms with van der Waals surface area (Å²) in [7, 11) is 0. The molecule has 4 aromatic rings. The smallest absolute Gasteiger partial charge is 0.263 e. The van der Waals surface area contributed by atoms with E-state index in [1.807, 2.05) is 19.1 Å². The zero-order valence-electron chi connectivity index (χ0n) is 18.0. The fourth-order valence-corrected chi connectivity index (χ4v) is 3.63. The van der Waals surface area contributed by atoms with Crippen molar-refractivity contribution in [1.29, 1.82) is 0 Å². The molecule has 0 aromatic carbocycles. The van der Waals surface area contributed by atoms with Crippen LogP contribution in [0, 0.1) is 6.92 Å². The van der Waals surface area contributed by atoms with E-state index in [2.05, 4.69) is 25.4 Å². The molecule has 1 aliphatic heterocycles. The average molecular weight is 445 g/mol. The monoisotopic (exact) mass is 445 g/mol. The summed E-state index contributed by atoms with van der Waals surface area (Å²) in [5.41, 5.74) is 1.13. The SMILES string of the molecule is Cc1ccc(-c2cc3n(CC(=O)NC4=CCC(C)(F)C=N4)c(=O)c4cccnc4n3n2)cn1. The highest BCUT2D eigenvalue weighted by atomic mass is 19.1. The van der Waals surface area contributed by atoms with Gasteiger partial charge >= 0.3 is 0 Å². The van der Waals surface area contributed by atoms with Gasteiger partial charge in [-0.2, -0.15) is 9.61 Å². The number of pyridine rings is 2. The van der Waals surface area contributed by atoms with Crippen molar-refractivity contribution in [2.45, 2.75) is 32.5 Å². The summed E-state index contributed by atoms with van der Waals surface area (Å²) in [5.74, 6) is -0.213. The molecule has 0 bridgehead atoms. The van der Waals surface area contributed by atoms with Crippen molar-refractivity contribution in [3.63, 3.8) is 0 Å². The predicted octanol–water partition coefficient (Wildman–Crippen LogP) is 2.57. The first-order chi connectivity index (χ1) is 15.8. The molecule has 1 atom stereocenters. The maximum absolute atomic E-state index is 13.9. The predicted molar refractivity (Wildman–Crippen MR) is 122 cm³/mol. The number of rotatable bonds is 4. The number of halogens is 1. The molecule has 1 aliphatic rings. The lowest BCUT2D eigenvalue weighted by Crippen LogP contribution is -2.34. The summed E-state index contributed by atoms with van der Waals surface area (Å²) in [5, 5.41) is 7.59. The number of hydrogen-bond donors (Lipinski definition) is 1. The zero-order chi connectivity index (χ0) is 23.2. The van der Waals surface area contributed by atoms with E-state index < -0.39 is 11.6 Å². The molecule has 5 heterocycles. The van der Waals surface area contributed by atoms with Crippen molar-refractivity contribution >= 4 is 28.8 Å². The van der Waals surface area contributed by atoms with Gasteiger partial charge in [-0.25, -0.2) is 14.4 Å². The third-order valence-corrected chi connectivity index (χ3v) is 5.37. The second-order valence-electron chi connectivity index (χ2n) is 8.13. The molecule has 1 unspecified atom stereocenters. The molecule has 0 saturated heterocycles. The van der Waals surface area contributed by atoms with Gasteiger partial charge in [0.15, 0.2) is 5.65 Å². The summed E-state index contributed by atoms with van der Waals surface area (Å²) in [6.07, 6.45) is 6.07. The molecule has 10 heteroatoms. The van der Waals surface area contributed by atoms with Crippen LogP contribution in [-0.4, -0.2) is 41.9 Å². The Bertz CT molecular complexity index is 1510. The van der Waals surface area contributed by atoms with Crippen LogP contribution in [0.2, 0.25) is 0 Å². The van der Waals surface area contributed by atoms with Gasteiger partial charge in [-0.15, -0.1) is 0 Å². The minimum Gasteiger partial charge on any atom is -0.309 e. The third-order valence-electron chi connectivity index (χ3n) is 5.37. The Hall–Kier alpha value is -4.21. The van der Waals surface area contributed by atoms with E-state index in [4.69, 9.17) is 0 Å². The molecular weight excluding hydrogens is 425 g/mol. The van der Waals surface area contributed by atoms with Crippen LogP contribution in [0.5, 0.6) is 0 Å². The Balaban J connectivity index is 1.57. The van der Waals surface area contributed by atoms with Gasteiger partial charge in [-0.3, -0.25) is 19.1 Å². The van der Waals surface area contributed by atoms with E-state index in [1.54, 1.807) is 35.1 Å². The van der Waals surface area contributed by atoms with Crippen molar-refractivity contribution in [1.82, 2.24) is 29.5 Å². The van der Waals surface area contributed by atoms with Gasteiger partial charge in [0.05, 0.1) is 11.1 Å². The maximum Gasteiger partial charge on any atom is 0.263 e. The van der Waals surface area contributed by atoms with Crippen LogP contribution in [0.3, 0.4) is 0 Å². The lowest BCUT2D eigenvalue weighted by Gasteiger charge is -2.18. The number of allylic oxidation sites excluding steroid dienone is 1. The quantitative estimate of drug-likeness (QED) is 0.520. The van der Waals surface area contributed by atoms with Gasteiger partial charge in [0.2, 0.25) is 5.91 Å². The van der Waals surface area contributed by atoms with Crippen molar-refractivity contribution in [3.05, 3.63) is 70.7 Å². The maximum atomic E-state index is 13.9.